The van der Waals surface area contributed by atoms with Crippen LogP contribution < -0.4 is 5.73 Å². The van der Waals surface area contributed by atoms with Crippen LogP contribution in [0.25, 0.3) is 0 Å². The highest BCUT2D eigenvalue weighted by Gasteiger charge is 2.19. The van der Waals surface area contributed by atoms with Crippen LogP contribution in [0.1, 0.15) is 22.5 Å². The fraction of sp³-hybridized carbons (Fsp3) is 0.143. The summed E-state index contributed by atoms with van der Waals surface area (Å²) in [6.07, 6.45) is -2.83. The van der Waals surface area contributed by atoms with Gasteiger partial charge < -0.3 is 5.73 Å². The molecule has 14 heavy (non-hydrogen) atoms. The topological polar surface area (TPSA) is 56.0 Å². The van der Waals surface area contributed by atoms with E-state index in [9.17, 15) is 13.6 Å². The van der Waals surface area contributed by atoms with E-state index < -0.39 is 28.6 Å². The molecular weight excluding hydrogens is 237 g/mol. The molecule has 2 N–H and O–H groups in total. The number of halogens is 4. The highest BCUT2D eigenvalue weighted by Crippen LogP contribution is 2.29. The monoisotopic (exact) mass is 240 g/mol. The molecule has 0 atom stereocenters. The average molecular weight is 241 g/mol. The van der Waals surface area contributed by atoms with Gasteiger partial charge in [-0.05, 0) is 17.7 Å². The van der Waals surface area contributed by atoms with E-state index in [0.29, 0.717) is 0 Å². The number of hydrogen-bond acceptors (Lipinski definition) is 3. The molecule has 0 fully saturated rings. The smallest absolute Gasteiger partial charge is 0.273 e. The van der Waals surface area contributed by atoms with Crippen molar-refractivity contribution in [1.82, 2.24) is 4.98 Å². The van der Waals surface area contributed by atoms with Crippen molar-refractivity contribution in [2.75, 3.05) is 5.73 Å². The second-order valence-electron chi connectivity index (χ2n) is 2.37. The molecule has 0 saturated heterocycles. The number of rotatable bonds is 2. The van der Waals surface area contributed by atoms with Crippen molar-refractivity contribution in [2.45, 2.75) is 6.43 Å². The van der Waals surface area contributed by atoms with E-state index in [4.69, 9.17) is 28.9 Å². The lowest BCUT2D eigenvalue weighted by Gasteiger charge is -2.07. The number of hydrogen-bond donors (Lipinski definition) is 1. The largest absolute Gasteiger partial charge is 0.396 e. The van der Waals surface area contributed by atoms with Crippen molar-refractivity contribution >= 4 is 34.1 Å². The molecule has 1 rings (SSSR count). The van der Waals surface area contributed by atoms with E-state index >= 15 is 0 Å². The second-order valence-corrected chi connectivity index (χ2v) is 3.10. The molecule has 1 aromatic heterocycles. The Labute approximate surface area is 87.8 Å². The van der Waals surface area contributed by atoms with Gasteiger partial charge in [0.05, 0.1) is 5.69 Å². The molecule has 1 aromatic rings. The summed E-state index contributed by atoms with van der Waals surface area (Å²) in [5.74, 6) is 0. The van der Waals surface area contributed by atoms with E-state index in [-0.39, 0.29) is 5.15 Å². The van der Waals surface area contributed by atoms with Gasteiger partial charge in [0.2, 0.25) is 0 Å². The molecule has 0 aromatic carbocycles. The first-order chi connectivity index (χ1) is 6.43. The van der Waals surface area contributed by atoms with Crippen LogP contribution in [0.5, 0.6) is 0 Å². The molecule has 0 aliphatic heterocycles. The number of carbonyl (C=O) groups is 1. The Kier molecular flexibility index (Phi) is 3.23. The van der Waals surface area contributed by atoms with Gasteiger partial charge in [-0.25, -0.2) is 13.8 Å². The Bertz CT molecular complexity index is 384. The van der Waals surface area contributed by atoms with E-state index in [1.54, 1.807) is 0 Å². The van der Waals surface area contributed by atoms with Crippen LogP contribution in [0.4, 0.5) is 14.5 Å². The average Bonchev–Trinajstić information content (AvgIpc) is 2.07. The van der Waals surface area contributed by atoms with Gasteiger partial charge in [-0.1, -0.05) is 11.6 Å². The van der Waals surface area contributed by atoms with E-state index in [1.165, 1.54) is 0 Å². The van der Waals surface area contributed by atoms with Crippen molar-refractivity contribution in [3.05, 3.63) is 22.5 Å². The van der Waals surface area contributed by atoms with E-state index in [1.807, 2.05) is 0 Å². The van der Waals surface area contributed by atoms with Gasteiger partial charge in [0.15, 0.2) is 0 Å². The summed E-state index contributed by atoms with van der Waals surface area (Å²) in [5.41, 5.74) is 3.81. The number of carbonyl (C=O) groups excluding carboxylic acids is 1. The summed E-state index contributed by atoms with van der Waals surface area (Å²) in [5, 5.41) is -1.27. The van der Waals surface area contributed by atoms with Gasteiger partial charge in [-0.2, -0.15) is 0 Å². The Balaban J connectivity index is 3.40. The molecule has 0 unspecified atom stereocenters. The highest BCUT2D eigenvalue weighted by atomic mass is 35.5. The number of nitrogen functional groups attached to an aromatic ring is 1. The minimum absolute atomic E-state index is 0.251. The van der Waals surface area contributed by atoms with Gasteiger partial charge in [0.1, 0.15) is 10.8 Å². The molecule has 3 nitrogen and oxygen atoms in total. The summed E-state index contributed by atoms with van der Waals surface area (Å²) < 4.78 is 24.7. The van der Waals surface area contributed by atoms with Gasteiger partial charge >= 0.3 is 0 Å². The van der Waals surface area contributed by atoms with Gasteiger partial charge in [-0.15, -0.1) is 0 Å². The van der Waals surface area contributed by atoms with Crippen LogP contribution >= 0.6 is 23.2 Å². The van der Waals surface area contributed by atoms with E-state index in [2.05, 4.69) is 4.98 Å². The number of nitrogens with zero attached hydrogens (tertiary/aromatic N) is 1. The van der Waals surface area contributed by atoms with Crippen LogP contribution in [0, 0.1) is 0 Å². The first kappa shape index (κ1) is 11.1. The zero-order valence-corrected chi connectivity index (χ0v) is 8.11. The number of anilines is 1. The highest BCUT2D eigenvalue weighted by molar-refractivity contribution is 6.68. The predicted molar refractivity (Wildman–Crippen MR) is 48.8 cm³/mol. The summed E-state index contributed by atoms with van der Waals surface area (Å²) in [6.45, 7) is 0. The Morgan fingerprint density at radius 1 is 1.57 bits per heavy atom. The molecule has 76 valence electrons. The van der Waals surface area contributed by atoms with Crippen molar-refractivity contribution in [3.63, 3.8) is 0 Å². The first-order valence-corrected chi connectivity index (χ1v) is 4.13. The predicted octanol–water partition coefficient (Wildman–Crippen LogP) is 2.63. The lowest BCUT2D eigenvalue weighted by atomic mass is 10.2. The third kappa shape index (κ3) is 2.10. The van der Waals surface area contributed by atoms with Gasteiger partial charge in [0, 0.05) is 5.56 Å². The third-order valence-corrected chi connectivity index (χ3v) is 1.85. The SMILES string of the molecule is Nc1c(C(F)F)cc(Cl)nc1C(=O)Cl. The minimum Gasteiger partial charge on any atom is -0.396 e. The van der Waals surface area contributed by atoms with Crippen molar-refractivity contribution in [1.29, 1.82) is 0 Å². The second kappa shape index (κ2) is 4.06. The van der Waals surface area contributed by atoms with Crippen molar-refractivity contribution in [3.8, 4) is 0 Å². The number of alkyl halides is 2. The van der Waals surface area contributed by atoms with Gasteiger partial charge in [-0.3, -0.25) is 4.79 Å². The zero-order chi connectivity index (χ0) is 10.9. The molecule has 7 heteroatoms. The molecule has 1 heterocycles. The maximum atomic E-state index is 12.3. The molecular formula is C7H4Cl2F2N2O. The molecule has 0 saturated carbocycles. The Morgan fingerprint density at radius 3 is 2.57 bits per heavy atom. The molecule has 0 bridgehead atoms. The van der Waals surface area contributed by atoms with Crippen LogP contribution in [0.2, 0.25) is 5.15 Å². The zero-order valence-electron chi connectivity index (χ0n) is 6.60. The third-order valence-electron chi connectivity index (χ3n) is 1.48. The fourth-order valence-electron chi connectivity index (χ4n) is 0.872. The Morgan fingerprint density at radius 2 is 2.14 bits per heavy atom. The number of pyridine rings is 1. The summed E-state index contributed by atoms with van der Waals surface area (Å²) >= 11 is 10.5. The molecule has 0 aliphatic rings. The lowest BCUT2D eigenvalue weighted by Crippen LogP contribution is -2.06. The Hall–Kier alpha value is -0.940. The molecule has 0 aliphatic carbocycles. The maximum absolute atomic E-state index is 12.3. The molecule has 0 amide bonds. The maximum Gasteiger partial charge on any atom is 0.273 e. The standard InChI is InChI=1S/C7H4Cl2F2N2O/c8-3-1-2(7(10)11)4(12)5(13-3)6(9)14/h1,7H,12H2. The fourth-order valence-corrected chi connectivity index (χ4v) is 1.22. The summed E-state index contributed by atoms with van der Waals surface area (Å²) in [6, 6.07) is 0.894. The van der Waals surface area contributed by atoms with Crippen LogP contribution in [-0.4, -0.2) is 10.2 Å². The van der Waals surface area contributed by atoms with Crippen molar-refractivity contribution < 1.29 is 13.6 Å². The first-order valence-electron chi connectivity index (χ1n) is 3.37. The minimum atomic E-state index is -2.83. The quantitative estimate of drug-likeness (QED) is 0.639. The summed E-state index contributed by atoms with van der Waals surface area (Å²) in [7, 11) is 0. The number of aromatic nitrogens is 1. The van der Waals surface area contributed by atoms with Crippen molar-refractivity contribution in [2.24, 2.45) is 0 Å². The van der Waals surface area contributed by atoms with Crippen LogP contribution in [-0.2, 0) is 0 Å². The lowest BCUT2D eigenvalue weighted by molar-refractivity contribution is 0.107. The summed E-state index contributed by atoms with van der Waals surface area (Å²) in [4.78, 5) is 14.2. The molecule has 0 spiro atoms. The van der Waals surface area contributed by atoms with E-state index in [0.717, 1.165) is 6.07 Å². The van der Waals surface area contributed by atoms with Crippen LogP contribution in [0.15, 0.2) is 6.07 Å². The molecule has 0 radical (unpaired) electrons. The van der Waals surface area contributed by atoms with Gasteiger partial charge in [0.25, 0.3) is 11.7 Å². The number of nitrogens with two attached hydrogens (primary N) is 1. The van der Waals surface area contributed by atoms with Crippen LogP contribution in [0.3, 0.4) is 0 Å². The normalized spacial score (nSPS) is 10.6.